The van der Waals surface area contributed by atoms with E-state index in [4.69, 9.17) is 16.3 Å². The van der Waals surface area contributed by atoms with Gasteiger partial charge in [0, 0.05) is 27.6 Å². The summed E-state index contributed by atoms with van der Waals surface area (Å²) in [6.45, 7) is 5.91. The molecule has 0 atom stereocenters. The molecule has 4 nitrogen and oxygen atoms in total. The minimum Gasteiger partial charge on any atom is -0.494 e. The fourth-order valence-corrected chi connectivity index (χ4v) is 3.35. The van der Waals surface area contributed by atoms with Gasteiger partial charge in [0.15, 0.2) is 5.78 Å². The van der Waals surface area contributed by atoms with Crippen molar-refractivity contribution in [2.45, 2.75) is 26.5 Å². The molecule has 6 heteroatoms. The number of benzene rings is 2. The third-order valence-corrected chi connectivity index (χ3v) is 4.95. The Bertz CT molecular complexity index is 808. The maximum absolute atomic E-state index is 12.2. The molecule has 26 heavy (non-hydrogen) atoms. The van der Waals surface area contributed by atoms with E-state index in [0.29, 0.717) is 28.7 Å². The third-order valence-electron chi connectivity index (χ3n) is 3.73. The Balaban J connectivity index is 1.98. The van der Waals surface area contributed by atoms with Crippen molar-refractivity contribution in [3.05, 3.63) is 58.1 Å². The summed E-state index contributed by atoms with van der Waals surface area (Å²) in [5, 5.41) is 3.46. The second-order valence-corrected chi connectivity index (χ2v) is 7.23. The smallest absolute Gasteiger partial charge is 0.234 e. The second-order valence-electron chi connectivity index (χ2n) is 5.81. The first kappa shape index (κ1) is 20.3. The zero-order valence-corrected chi connectivity index (χ0v) is 16.7. The summed E-state index contributed by atoms with van der Waals surface area (Å²) in [6.07, 6.45) is 0. The summed E-state index contributed by atoms with van der Waals surface area (Å²) >= 11 is 7.44. The number of carbonyl (C=O) groups is 2. The van der Waals surface area contributed by atoms with Crippen LogP contribution in [0.5, 0.6) is 5.75 Å². The van der Waals surface area contributed by atoms with Crippen LogP contribution in [-0.2, 0) is 10.5 Å². The van der Waals surface area contributed by atoms with Gasteiger partial charge in [-0.1, -0.05) is 17.7 Å². The van der Waals surface area contributed by atoms with Gasteiger partial charge in [-0.2, -0.15) is 0 Å². The van der Waals surface area contributed by atoms with E-state index in [0.717, 1.165) is 22.6 Å². The molecule has 0 heterocycles. The fourth-order valence-electron chi connectivity index (χ4n) is 2.38. The highest BCUT2D eigenvalue weighted by Gasteiger charge is 2.10. The lowest BCUT2D eigenvalue weighted by molar-refractivity contribution is -0.113. The molecule has 1 amide bonds. The molecule has 1 N–H and O–H groups in total. The number of anilines is 1. The third kappa shape index (κ3) is 5.78. The lowest BCUT2D eigenvalue weighted by atomic mass is 10.1. The maximum atomic E-state index is 12.2. The van der Waals surface area contributed by atoms with Crippen LogP contribution in [0, 0.1) is 6.92 Å². The van der Waals surface area contributed by atoms with Crippen molar-refractivity contribution in [1.82, 2.24) is 0 Å². The number of ether oxygens (including phenoxy) is 1. The van der Waals surface area contributed by atoms with Crippen LogP contribution in [0.3, 0.4) is 0 Å². The number of halogens is 1. The predicted octanol–water partition coefficient (Wildman–Crippen LogP) is 5.12. The van der Waals surface area contributed by atoms with Crippen molar-refractivity contribution in [2.75, 3.05) is 17.7 Å². The number of rotatable bonds is 8. The Morgan fingerprint density at radius 3 is 2.65 bits per heavy atom. The van der Waals surface area contributed by atoms with Crippen molar-refractivity contribution >= 4 is 40.7 Å². The summed E-state index contributed by atoms with van der Waals surface area (Å²) in [6, 6.07) is 10.8. The number of ketones is 1. The topological polar surface area (TPSA) is 55.4 Å². The minimum atomic E-state index is -0.0963. The van der Waals surface area contributed by atoms with Crippen LogP contribution >= 0.6 is 23.4 Å². The van der Waals surface area contributed by atoms with E-state index >= 15 is 0 Å². The van der Waals surface area contributed by atoms with Gasteiger partial charge in [0.1, 0.15) is 5.75 Å². The number of nitrogens with one attached hydrogen (secondary N) is 1. The van der Waals surface area contributed by atoms with Gasteiger partial charge in [0.05, 0.1) is 12.4 Å². The van der Waals surface area contributed by atoms with Crippen LogP contribution < -0.4 is 10.1 Å². The van der Waals surface area contributed by atoms with E-state index in [-0.39, 0.29) is 11.7 Å². The first-order chi connectivity index (χ1) is 12.4. The van der Waals surface area contributed by atoms with Gasteiger partial charge < -0.3 is 10.1 Å². The van der Waals surface area contributed by atoms with E-state index in [9.17, 15) is 9.59 Å². The SMILES string of the molecule is CCOc1ccc(C(C)=O)cc1CSCC(=O)Nc1cc(Cl)ccc1C. The van der Waals surface area contributed by atoms with Crippen LogP contribution in [0.2, 0.25) is 5.02 Å². The van der Waals surface area contributed by atoms with Gasteiger partial charge in [-0.25, -0.2) is 0 Å². The highest BCUT2D eigenvalue weighted by Crippen LogP contribution is 2.26. The molecule has 0 aliphatic rings. The number of amides is 1. The van der Waals surface area contributed by atoms with E-state index < -0.39 is 0 Å². The minimum absolute atomic E-state index is 0.00785. The van der Waals surface area contributed by atoms with Crippen molar-refractivity contribution in [3.8, 4) is 5.75 Å². The number of hydrogen-bond acceptors (Lipinski definition) is 4. The fraction of sp³-hybridized carbons (Fsp3) is 0.300. The van der Waals surface area contributed by atoms with Gasteiger partial charge in [-0.3, -0.25) is 9.59 Å². The van der Waals surface area contributed by atoms with Crippen molar-refractivity contribution < 1.29 is 14.3 Å². The molecule has 2 aromatic rings. The number of thioether (sulfide) groups is 1. The average Bonchev–Trinajstić information content (AvgIpc) is 2.59. The van der Waals surface area contributed by atoms with Gasteiger partial charge in [-0.15, -0.1) is 11.8 Å². The Morgan fingerprint density at radius 2 is 1.96 bits per heavy atom. The summed E-state index contributed by atoms with van der Waals surface area (Å²) in [4.78, 5) is 23.8. The Labute approximate surface area is 163 Å². The molecule has 0 aromatic heterocycles. The first-order valence-electron chi connectivity index (χ1n) is 8.31. The second kappa shape index (κ2) is 9.64. The summed E-state index contributed by atoms with van der Waals surface area (Å²) in [5.41, 5.74) is 3.23. The van der Waals surface area contributed by atoms with Crippen LogP contribution in [0.4, 0.5) is 5.69 Å². The Morgan fingerprint density at radius 1 is 1.19 bits per heavy atom. The molecule has 2 rings (SSSR count). The predicted molar refractivity (Wildman–Crippen MR) is 109 cm³/mol. The Kier molecular flexibility index (Phi) is 7.54. The van der Waals surface area contributed by atoms with Crippen LogP contribution in [0.1, 0.15) is 35.3 Å². The van der Waals surface area contributed by atoms with Crippen molar-refractivity contribution in [3.63, 3.8) is 0 Å². The van der Waals surface area contributed by atoms with Crippen molar-refractivity contribution in [1.29, 1.82) is 0 Å². The number of Topliss-reactive ketones (excluding diaryl/α,β-unsaturated/α-hetero) is 1. The quantitative estimate of drug-likeness (QED) is 0.634. The van der Waals surface area contributed by atoms with Crippen LogP contribution in [0.15, 0.2) is 36.4 Å². The molecule has 0 saturated heterocycles. The van der Waals surface area contributed by atoms with E-state index in [1.54, 1.807) is 18.2 Å². The average molecular weight is 392 g/mol. The van der Waals surface area contributed by atoms with E-state index in [1.807, 2.05) is 32.0 Å². The summed E-state index contributed by atoms with van der Waals surface area (Å²) in [7, 11) is 0. The van der Waals surface area contributed by atoms with Gasteiger partial charge in [0.25, 0.3) is 0 Å². The largest absolute Gasteiger partial charge is 0.494 e. The van der Waals surface area contributed by atoms with Gasteiger partial charge in [0.2, 0.25) is 5.91 Å². The molecule has 2 aromatic carbocycles. The van der Waals surface area contributed by atoms with E-state index in [1.165, 1.54) is 18.7 Å². The maximum Gasteiger partial charge on any atom is 0.234 e. The number of carbonyl (C=O) groups excluding carboxylic acids is 2. The molecular weight excluding hydrogens is 370 g/mol. The van der Waals surface area contributed by atoms with E-state index in [2.05, 4.69) is 5.32 Å². The normalized spacial score (nSPS) is 10.5. The summed E-state index contributed by atoms with van der Waals surface area (Å²) in [5.74, 6) is 1.53. The molecule has 0 unspecified atom stereocenters. The lowest BCUT2D eigenvalue weighted by Crippen LogP contribution is -2.15. The molecule has 0 aliphatic heterocycles. The molecule has 0 bridgehead atoms. The van der Waals surface area contributed by atoms with Gasteiger partial charge >= 0.3 is 0 Å². The monoisotopic (exact) mass is 391 g/mol. The standard InChI is InChI=1S/C20H22ClNO3S/c1-4-25-19-8-6-15(14(3)23)9-16(19)11-26-12-20(24)22-18-10-17(21)7-5-13(18)2/h5-10H,4,11-12H2,1-3H3,(H,22,24). The number of hydrogen-bond donors (Lipinski definition) is 1. The van der Waals surface area contributed by atoms with Gasteiger partial charge in [-0.05, 0) is 56.7 Å². The Hall–Kier alpha value is -1.98. The number of aryl methyl sites for hydroxylation is 1. The summed E-state index contributed by atoms with van der Waals surface area (Å²) < 4.78 is 5.61. The molecule has 0 saturated carbocycles. The molecular formula is C20H22ClNO3S. The first-order valence-corrected chi connectivity index (χ1v) is 9.84. The zero-order chi connectivity index (χ0) is 19.1. The molecule has 0 aliphatic carbocycles. The molecule has 0 radical (unpaired) electrons. The molecule has 138 valence electrons. The highest BCUT2D eigenvalue weighted by molar-refractivity contribution is 7.99. The molecule has 0 spiro atoms. The molecule has 0 fully saturated rings. The zero-order valence-electron chi connectivity index (χ0n) is 15.1. The van der Waals surface area contributed by atoms with Crippen LogP contribution in [-0.4, -0.2) is 24.1 Å². The van der Waals surface area contributed by atoms with Crippen molar-refractivity contribution in [2.24, 2.45) is 0 Å². The highest BCUT2D eigenvalue weighted by atomic mass is 35.5. The van der Waals surface area contributed by atoms with Crippen LogP contribution in [0.25, 0.3) is 0 Å². The lowest BCUT2D eigenvalue weighted by Gasteiger charge is -2.12.